The molecule has 1 saturated heterocycles. The number of imidazole rings is 1. The second-order valence-electron chi connectivity index (χ2n) is 8.94. The minimum atomic E-state index is -0.757. The first-order chi connectivity index (χ1) is 17.5. The highest BCUT2D eigenvalue weighted by atomic mass is 16.5. The van der Waals surface area contributed by atoms with Gasteiger partial charge in [0, 0.05) is 19.9 Å². The Labute approximate surface area is 211 Å². The van der Waals surface area contributed by atoms with E-state index >= 15 is 0 Å². The average molecular weight is 492 g/mol. The van der Waals surface area contributed by atoms with Crippen LogP contribution in [0.5, 0.6) is 5.75 Å². The van der Waals surface area contributed by atoms with E-state index in [1.807, 2.05) is 42.5 Å². The molecule has 0 saturated carbocycles. The second-order valence-corrected chi connectivity index (χ2v) is 8.94. The van der Waals surface area contributed by atoms with Crippen molar-refractivity contribution in [3.05, 3.63) is 71.2 Å². The molecule has 8 nitrogen and oxygen atoms in total. The number of pyridine rings is 1. The topological polar surface area (TPSA) is 93.4 Å². The molecule has 1 fully saturated rings. The number of Topliss-reactive ketones (excluding diaryl/α,β-unsaturated/α-hetero) is 1. The summed E-state index contributed by atoms with van der Waals surface area (Å²) in [7, 11) is 1.54. The number of benzene rings is 1. The van der Waals surface area contributed by atoms with Crippen molar-refractivity contribution in [3.63, 3.8) is 0 Å². The first-order valence-electron chi connectivity index (χ1n) is 12.4. The van der Waals surface area contributed by atoms with Gasteiger partial charge in [-0.25, -0.2) is 4.98 Å². The lowest BCUT2D eigenvalue weighted by Gasteiger charge is -2.25. The van der Waals surface area contributed by atoms with Crippen molar-refractivity contribution in [2.75, 3.05) is 26.9 Å². The molecular weight excluding hydrogens is 458 g/mol. The van der Waals surface area contributed by atoms with Gasteiger partial charge in [0.05, 0.1) is 30.5 Å². The second kappa shape index (κ2) is 11.4. The molecule has 3 aromatic rings. The summed E-state index contributed by atoms with van der Waals surface area (Å²) in [5.41, 5.74) is 2.34. The van der Waals surface area contributed by atoms with E-state index < -0.39 is 17.7 Å². The van der Waals surface area contributed by atoms with Crippen molar-refractivity contribution in [3.8, 4) is 5.75 Å². The highest BCUT2D eigenvalue weighted by Crippen LogP contribution is 2.40. The fourth-order valence-electron chi connectivity index (χ4n) is 4.64. The standard InChI is InChI=1S/C28H33N3O5/c1-4-5-6-9-17-36-21-13-11-20(12-14-21)25-23(27(33)28(34)31(25)16-18-35-3)26(32)24-19(2)29-22-10-7-8-15-30(22)24/h7-8,10-15,25,32H,4-6,9,16-18H2,1-3H3. The van der Waals surface area contributed by atoms with Crippen LogP contribution in [0.4, 0.5) is 0 Å². The summed E-state index contributed by atoms with van der Waals surface area (Å²) in [4.78, 5) is 32.2. The van der Waals surface area contributed by atoms with Gasteiger partial charge in [-0.2, -0.15) is 0 Å². The van der Waals surface area contributed by atoms with Crippen LogP contribution in [0.2, 0.25) is 0 Å². The van der Waals surface area contributed by atoms with Gasteiger partial charge >= 0.3 is 0 Å². The Morgan fingerprint density at radius 3 is 2.56 bits per heavy atom. The molecule has 190 valence electrons. The van der Waals surface area contributed by atoms with Crippen molar-refractivity contribution < 1.29 is 24.2 Å². The molecule has 4 rings (SSSR count). The number of aliphatic hydroxyl groups excluding tert-OH is 1. The quantitative estimate of drug-likeness (QED) is 0.181. The number of ketones is 1. The Morgan fingerprint density at radius 2 is 1.83 bits per heavy atom. The summed E-state index contributed by atoms with van der Waals surface area (Å²) in [6.07, 6.45) is 6.25. The number of hydrogen-bond donors (Lipinski definition) is 1. The number of aromatic nitrogens is 2. The van der Waals surface area contributed by atoms with Crippen molar-refractivity contribution in [1.29, 1.82) is 0 Å². The third-order valence-corrected chi connectivity index (χ3v) is 6.47. The molecule has 1 amide bonds. The zero-order valence-corrected chi connectivity index (χ0v) is 21.1. The number of ether oxygens (including phenoxy) is 2. The average Bonchev–Trinajstić information content (AvgIpc) is 3.35. The van der Waals surface area contributed by atoms with E-state index in [2.05, 4.69) is 11.9 Å². The van der Waals surface area contributed by atoms with Gasteiger partial charge in [0.1, 0.15) is 17.1 Å². The van der Waals surface area contributed by atoms with Crippen molar-refractivity contribution in [1.82, 2.24) is 14.3 Å². The predicted octanol–water partition coefficient (Wildman–Crippen LogP) is 4.67. The molecule has 1 aliphatic rings. The van der Waals surface area contributed by atoms with Crippen molar-refractivity contribution in [2.45, 2.75) is 45.6 Å². The molecule has 0 radical (unpaired) electrons. The normalized spacial score (nSPS) is 17.3. The third kappa shape index (κ3) is 4.99. The molecule has 8 heteroatoms. The lowest BCUT2D eigenvalue weighted by atomic mass is 9.96. The minimum Gasteiger partial charge on any atom is -0.505 e. The van der Waals surface area contributed by atoms with Crippen molar-refractivity contribution in [2.24, 2.45) is 0 Å². The number of aliphatic hydroxyl groups is 1. The highest BCUT2D eigenvalue weighted by Gasteiger charge is 2.46. The molecule has 0 aliphatic carbocycles. The number of hydrogen-bond acceptors (Lipinski definition) is 6. The summed E-state index contributed by atoms with van der Waals surface area (Å²) in [5, 5.41) is 11.5. The molecule has 1 atom stereocenters. The lowest BCUT2D eigenvalue weighted by Crippen LogP contribution is -2.32. The minimum absolute atomic E-state index is 0.0399. The molecule has 2 aromatic heterocycles. The first-order valence-corrected chi connectivity index (χ1v) is 12.4. The number of aryl methyl sites for hydroxylation is 1. The lowest BCUT2D eigenvalue weighted by molar-refractivity contribution is -0.140. The van der Waals surface area contributed by atoms with Gasteiger partial charge in [-0.15, -0.1) is 0 Å². The molecule has 0 spiro atoms. The predicted molar refractivity (Wildman–Crippen MR) is 137 cm³/mol. The summed E-state index contributed by atoms with van der Waals surface area (Å²) >= 11 is 0. The summed E-state index contributed by atoms with van der Waals surface area (Å²) in [5.74, 6) is -0.913. The monoisotopic (exact) mass is 491 g/mol. The summed E-state index contributed by atoms with van der Waals surface area (Å²) in [6, 6.07) is 12.1. The van der Waals surface area contributed by atoms with E-state index in [9.17, 15) is 14.7 Å². The molecule has 1 aromatic carbocycles. The molecule has 1 unspecified atom stereocenters. The fourth-order valence-corrected chi connectivity index (χ4v) is 4.64. The Morgan fingerprint density at radius 1 is 1.06 bits per heavy atom. The van der Waals surface area contributed by atoms with Crippen LogP contribution in [0.25, 0.3) is 11.4 Å². The van der Waals surface area contributed by atoms with Gasteiger partial charge in [-0.1, -0.05) is 44.4 Å². The van der Waals surface area contributed by atoms with E-state index in [4.69, 9.17) is 9.47 Å². The van der Waals surface area contributed by atoms with Crippen LogP contribution >= 0.6 is 0 Å². The van der Waals surface area contributed by atoms with Crippen LogP contribution in [0.15, 0.2) is 54.2 Å². The van der Waals surface area contributed by atoms with Crippen LogP contribution in [-0.4, -0.2) is 57.9 Å². The van der Waals surface area contributed by atoms with Crippen molar-refractivity contribution >= 4 is 23.1 Å². The molecule has 0 bridgehead atoms. The molecule has 1 aliphatic heterocycles. The summed E-state index contributed by atoms with van der Waals surface area (Å²) in [6.45, 7) is 5.05. The van der Waals surface area contributed by atoms with Crippen LogP contribution < -0.4 is 4.74 Å². The van der Waals surface area contributed by atoms with E-state index in [0.717, 1.165) is 18.6 Å². The molecule has 36 heavy (non-hydrogen) atoms. The molecular formula is C28H33N3O5. The molecule has 1 N–H and O–H groups in total. The maximum atomic E-state index is 13.2. The Hall–Kier alpha value is -3.65. The van der Waals surface area contributed by atoms with E-state index in [0.29, 0.717) is 29.2 Å². The number of fused-ring (bicyclic) bond motifs is 1. The maximum absolute atomic E-state index is 13.2. The summed E-state index contributed by atoms with van der Waals surface area (Å²) < 4.78 is 12.8. The van der Waals surface area contributed by atoms with Crippen LogP contribution in [0.1, 0.15) is 55.6 Å². The number of carbonyl (C=O) groups is 2. The van der Waals surface area contributed by atoms with Gasteiger partial charge in [0.25, 0.3) is 11.7 Å². The number of amides is 1. The highest BCUT2D eigenvalue weighted by molar-refractivity contribution is 6.46. The van der Waals surface area contributed by atoms with Gasteiger partial charge in [0.2, 0.25) is 0 Å². The number of nitrogens with zero attached hydrogens (tertiary/aromatic N) is 3. The number of unbranched alkanes of at least 4 members (excludes halogenated alkanes) is 3. The number of methoxy groups -OCH3 is 1. The smallest absolute Gasteiger partial charge is 0.295 e. The zero-order valence-electron chi connectivity index (χ0n) is 21.1. The number of likely N-dealkylation sites (tertiary alicyclic amines) is 1. The fraction of sp³-hybridized carbons (Fsp3) is 0.393. The largest absolute Gasteiger partial charge is 0.505 e. The van der Waals surface area contributed by atoms with E-state index in [-0.39, 0.29) is 24.5 Å². The zero-order chi connectivity index (χ0) is 25.7. The SMILES string of the molecule is CCCCCCOc1ccc(C2C(=C(O)c3c(C)nc4ccccn34)C(=O)C(=O)N2CCOC)cc1. The van der Waals surface area contributed by atoms with Gasteiger partial charge < -0.3 is 19.5 Å². The first kappa shape index (κ1) is 25.4. The van der Waals surface area contributed by atoms with Gasteiger partial charge in [-0.05, 0) is 43.2 Å². The number of rotatable bonds is 11. The van der Waals surface area contributed by atoms with E-state index in [1.165, 1.54) is 17.7 Å². The van der Waals surface area contributed by atoms with Crippen LogP contribution in [0.3, 0.4) is 0 Å². The number of carbonyl (C=O) groups excluding carboxylic acids is 2. The van der Waals surface area contributed by atoms with Gasteiger partial charge in [-0.3, -0.25) is 14.0 Å². The molecule has 3 heterocycles. The maximum Gasteiger partial charge on any atom is 0.295 e. The van der Waals surface area contributed by atoms with Crippen LogP contribution in [-0.2, 0) is 14.3 Å². The third-order valence-electron chi connectivity index (χ3n) is 6.47. The Kier molecular flexibility index (Phi) is 8.05. The van der Waals surface area contributed by atoms with E-state index in [1.54, 1.807) is 24.6 Å². The van der Waals surface area contributed by atoms with Crippen LogP contribution in [0, 0.1) is 6.92 Å². The Balaban J connectivity index is 1.72. The Bertz CT molecular complexity index is 1260. The van der Waals surface area contributed by atoms with Gasteiger partial charge in [0.15, 0.2) is 5.76 Å².